The fraction of sp³-hybridized carbons (Fsp3) is 0.440. The van der Waals surface area contributed by atoms with Crippen molar-refractivity contribution >= 4 is 38.5 Å². The minimum atomic E-state index is -2.64. The number of fused-ring (bicyclic) bond motifs is 3. The van der Waals surface area contributed by atoms with Crippen LogP contribution in [0.2, 0.25) is 0 Å². The largest absolute Gasteiger partial charge is 0.444 e. The van der Waals surface area contributed by atoms with E-state index in [0.717, 1.165) is 10.2 Å². The number of benzene rings is 1. The van der Waals surface area contributed by atoms with E-state index in [1.807, 2.05) is 20.8 Å². The molecule has 10 heteroatoms. The van der Waals surface area contributed by atoms with E-state index in [-0.39, 0.29) is 11.7 Å². The van der Waals surface area contributed by atoms with Gasteiger partial charge in [0.2, 0.25) is 0 Å². The average molecular weight is 498 g/mol. The van der Waals surface area contributed by atoms with Gasteiger partial charge in [0.05, 0.1) is 0 Å². The normalized spacial score (nSPS) is 21.8. The zero-order chi connectivity index (χ0) is 24.6. The Morgan fingerprint density at radius 2 is 1.91 bits per heavy atom. The molecule has 6 rings (SSSR count). The van der Waals surface area contributed by atoms with Gasteiger partial charge < -0.3 is 9.64 Å². The van der Waals surface area contributed by atoms with Crippen LogP contribution in [-0.2, 0) is 11.8 Å². The van der Waals surface area contributed by atoms with Gasteiger partial charge in [0, 0.05) is 65.2 Å². The minimum Gasteiger partial charge on any atom is -0.444 e. The maximum absolute atomic E-state index is 13.7. The number of aryl methyl sites for hydroxylation is 1. The molecule has 3 aromatic heterocycles. The Balaban J connectivity index is 1.24. The van der Waals surface area contributed by atoms with Crippen molar-refractivity contribution in [2.45, 2.75) is 38.7 Å². The number of likely N-dealkylation sites (tertiary alicyclic amines) is 1. The van der Waals surface area contributed by atoms with Crippen molar-refractivity contribution in [2.75, 3.05) is 13.1 Å². The molecule has 1 aromatic carbocycles. The van der Waals surface area contributed by atoms with Crippen LogP contribution in [0.15, 0.2) is 30.6 Å². The van der Waals surface area contributed by atoms with Crippen LogP contribution >= 0.6 is 11.3 Å². The summed E-state index contributed by atoms with van der Waals surface area (Å²) in [7, 11) is 1.71. The molecule has 0 N–H and O–H groups in total. The topological polar surface area (TPSA) is 73.1 Å². The zero-order valence-corrected chi connectivity index (χ0v) is 20.6. The van der Waals surface area contributed by atoms with E-state index < -0.39 is 12.0 Å². The van der Waals surface area contributed by atoms with Crippen molar-refractivity contribution in [3.63, 3.8) is 0 Å². The van der Waals surface area contributed by atoms with Crippen molar-refractivity contribution in [3.8, 4) is 11.4 Å². The van der Waals surface area contributed by atoms with Crippen molar-refractivity contribution < 1.29 is 18.3 Å². The highest BCUT2D eigenvalue weighted by atomic mass is 32.1. The first-order valence-electron chi connectivity index (χ1n) is 11.6. The van der Waals surface area contributed by atoms with Crippen LogP contribution in [0.5, 0.6) is 0 Å². The number of amides is 1. The highest BCUT2D eigenvalue weighted by Crippen LogP contribution is 2.60. The Hall–Kier alpha value is -3.14. The Labute approximate surface area is 204 Å². The first kappa shape index (κ1) is 22.3. The summed E-state index contributed by atoms with van der Waals surface area (Å²) in [4.78, 5) is 25.4. The Morgan fingerprint density at radius 1 is 1.17 bits per heavy atom. The van der Waals surface area contributed by atoms with Crippen molar-refractivity contribution in [3.05, 3.63) is 41.0 Å². The van der Waals surface area contributed by atoms with Crippen LogP contribution in [0.1, 0.15) is 43.6 Å². The molecule has 1 saturated carbocycles. The summed E-state index contributed by atoms with van der Waals surface area (Å²) in [6.07, 6.45) is 0.597. The number of ether oxygens (including phenoxy) is 1. The molecule has 2 aliphatic rings. The van der Waals surface area contributed by atoms with Gasteiger partial charge in [-0.15, -0.1) is 11.3 Å². The first-order chi connectivity index (χ1) is 16.6. The van der Waals surface area contributed by atoms with Crippen LogP contribution in [0.25, 0.3) is 32.5 Å². The van der Waals surface area contributed by atoms with E-state index in [4.69, 9.17) is 9.72 Å². The van der Waals surface area contributed by atoms with Crippen LogP contribution in [-0.4, -0.2) is 49.4 Å². The molecule has 0 bridgehead atoms. The lowest BCUT2D eigenvalue weighted by Gasteiger charge is -2.25. The summed E-state index contributed by atoms with van der Waals surface area (Å²) in [6, 6.07) is 5.37. The number of carbonyl (C=O) groups is 1. The Kier molecular flexibility index (Phi) is 4.90. The average Bonchev–Trinajstić information content (AvgIpc) is 3.16. The van der Waals surface area contributed by atoms with E-state index in [1.165, 1.54) is 15.6 Å². The molecule has 4 aromatic rings. The summed E-state index contributed by atoms with van der Waals surface area (Å²) in [5, 5.41) is 5.75. The lowest BCUT2D eigenvalue weighted by molar-refractivity contribution is 0.0271. The third-order valence-corrected chi connectivity index (χ3v) is 7.86. The maximum atomic E-state index is 13.7. The predicted octanol–water partition coefficient (Wildman–Crippen LogP) is 5.76. The molecule has 1 unspecified atom stereocenters. The number of nitrogens with zero attached hydrogens (tertiary/aromatic N) is 5. The fourth-order valence-corrected chi connectivity index (χ4v) is 6.41. The van der Waals surface area contributed by atoms with E-state index in [2.05, 4.69) is 16.1 Å². The van der Waals surface area contributed by atoms with Gasteiger partial charge in [-0.1, -0.05) is 0 Å². The molecular formula is C25H25F2N5O2S. The molecular weight excluding hydrogens is 472 g/mol. The second-order valence-corrected chi connectivity index (χ2v) is 11.5. The summed E-state index contributed by atoms with van der Waals surface area (Å²) in [5.74, 6) is 1.70. The molecule has 182 valence electrons. The third kappa shape index (κ3) is 3.93. The van der Waals surface area contributed by atoms with Gasteiger partial charge in [0.15, 0.2) is 5.82 Å². The highest BCUT2D eigenvalue weighted by Gasteiger charge is 2.58. The number of halogens is 2. The molecule has 7 nitrogen and oxygen atoms in total. The number of hydrogen-bond donors (Lipinski definition) is 0. The van der Waals surface area contributed by atoms with E-state index >= 15 is 0 Å². The van der Waals surface area contributed by atoms with Crippen molar-refractivity contribution in [2.24, 2.45) is 18.9 Å². The summed E-state index contributed by atoms with van der Waals surface area (Å²) in [5.41, 5.74) is 0.234. The van der Waals surface area contributed by atoms with Gasteiger partial charge in [0.1, 0.15) is 15.9 Å². The lowest BCUT2D eigenvalue weighted by atomic mass is 10.1. The second kappa shape index (κ2) is 7.68. The molecule has 1 saturated heterocycles. The molecule has 1 aliphatic heterocycles. The van der Waals surface area contributed by atoms with E-state index in [1.54, 1.807) is 41.7 Å². The Bertz CT molecular complexity index is 1460. The predicted molar refractivity (Wildman–Crippen MR) is 130 cm³/mol. The molecule has 1 aliphatic carbocycles. The van der Waals surface area contributed by atoms with Gasteiger partial charge in [-0.05, 0) is 50.8 Å². The molecule has 2 fully saturated rings. The second-order valence-electron chi connectivity index (χ2n) is 10.4. The van der Waals surface area contributed by atoms with Gasteiger partial charge in [-0.3, -0.25) is 4.68 Å². The first-order valence-corrected chi connectivity index (χ1v) is 12.4. The summed E-state index contributed by atoms with van der Waals surface area (Å²) in [6.45, 7) is 7.04. The number of rotatable bonds is 3. The van der Waals surface area contributed by atoms with Crippen molar-refractivity contribution in [1.82, 2.24) is 24.6 Å². The van der Waals surface area contributed by atoms with Gasteiger partial charge in [-0.25, -0.2) is 23.5 Å². The lowest BCUT2D eigenvalue weighted by Crippen LogP contribution is -2.36. The van der Waals surface area contributed by atoms with Gasteiger partial charge in [0.25, 0.3) is 6.43 Å². The molecule has 0 spiro atoms. The molecule has 35 heavy (non-hydrogen) atoms. The monoisotopic (exact) mass is 497 g/mol. The summed E-state index contributed by atoms with van der Waals surface area (Å²) >= 11 is 1.62. The van der Waals surface area contributed by atoms with Crippen molar-refractivity contribution in [1.29, 1.82) is 0 Å². The number of piperidine rings is 1. The van der Waals surface area contributed by atoms with Crippen LogP contribution in [0.3, 0.4) is 0 Å². The maximum Gasteiger partial charge on any atom is 0.410 e. The molecule has 3 atom stereocenters. The number of hydrogen-bond acceptors (Lipinski definition) is 6. The highest BCUT2D eigenvalue weighted by molar-refractivity contribution is 7.18. The SMILES string of the molecule is Cn1cc2cc(-c3ncc4cc(C5[C@H]6CN(C(=O)OC(C)(C)C)C[C@@H]56)sc4n3)cc(C(F)F)c2n1. The number of thiophene rings is 1. The number of alkyl halides is 2. The van der Waals surface area contributed by atoms with Gasteiger partial charge >= 0.3 is 6.09 Å². The van der Waals surface area contributed by atoms with E-state index in [0.29, 0.717) is 53.1 Å². The number of aromatic nitrogens is 4. The van der Waals surface area contributed by atoms with Crippen LogP contribution in [0.4, 0.5) is 13.6 Å². The standard InChI is InChI=1S/C25H25F2N5O2S/c1-25(2,3)34-24(33)32-10-16-17(11-32)19(16)18-7-13-8-28-22(29-23(13)35-18)12-5-14-9-31(4)30-20(14)15(6-12)21(26)27/h5-9,16-17,19,21H,10-11H2,1-4H3/t16-,17+,19?. The Morgan fingerprint density at radius 3 is 2.60 bits per heavy atom. The number of carbonyl (C=O) groups excluding carboxylic acids is 1. The minimum absolute atomic E-state index is 0.117. The summed E-state index contributed by atoms with van der Waals surface area (Å²) < 4.78 is 34.4. The van der Waals surface area contributed by atoms with Crippen LogP contribution in [0, 0.1) is 11.8 Å². The fourth-order valence-electron chi connectivity index (χ4n) is 5.16. The van der Waals surface area contributed by atoms with Crippen LogP contribution < -0.4 is 0 Å². The quantitative estimate of drug-likeness (QED) is 0.360. The molecule has 4 heterocycles. The molecule has 1 amide bonds. The zero-order valence-electron chi connectivity index (χ0n) is 19.8. The third-order valence-electron chi connectivity index (χ3n) is 6.71. The van der Waals surface area contributed by atoms with E-state index in [9.17, 15) is 13.6 Å². The smallest absolute Gasteiger partial charge is 0.410 e. The van der Waals surface area contributed by atoms with Gasteiger partial charge in [-0.2, -0.15) is 5.10 Å². The molecule has 0 radical (unpaired) electrons.